The van der Waals surface area contributed by atoms with Gasteiger partial charge in [0.2, 0.25) is 0 Å². The van der Waals surface area contributed by atoms with Gasteiger partial charge in [-0.25, -0.2) is 0 Å². The summed E-state index contributed by atoms with van der Waals surface area (Å²) < 4.78 is 321. The van der Waals surface area contributed by atoms with Crippen molar-refractivity contribution in [1.82, 2.24) is 13.7 Å². The first-order valence-electron chi connectivity index (χ1n) is 34.3. The minimum absolute atomic E-state index is 0.547. The lowest BCUT2D eigenvalue weighted by Gasteiger charge is -2.13. The SMILES string of the molecule is [2H]c1c([2H])c([2H])c(-c2c([2H])c([2H])c(-c3c([2H])c([2H])c(-n4c5c([2H])c([2H])c([2H])c([2H])c5c5c(-n6c7c([2H])c([2H])c([2H])c([2H])c7c7c(-n8c9c([2H])c([2H])c([2H])c([2H])c9c9c([2H])c([2H])c([2H])c([2H])c98)c([2H])c([2H])c([2H])c76)c([2H])c([2H])c([2H])c54)c([2H])c3[2H])c([2H])c2[2H])c([2H])c1[2H]. The fourth-order valence-corrected chi connectivity index (χ4v) is 7.02. The summed E-state index contributed by atoms with van der Waals surface area (Å²) in [6.45, 7) is 0. The smallest absolute Gasteiger partial charge is 0.0645 e. The van der Waals surface area contributed by atoms with Crippen molar-refractivity contribution in [3.63, 3.8) is 0 Å². The van der Waals surface area contributed by atoms with Crippen LogP contribution in [0.25, 0.3) is 105 Å². The molecule has 0 aliphatic rings. The normalized spacial score (nSPS) is 20.5. The zero-order valence-corrected chi connectivity index (χ0v) is 28.3. The number of nitrogens with zero attached hydrogens (tertiary/aromatic N) is 3. The van der Waals surface area contributed by atoms with Gasteiger partial charge in [-0.05, 0) is 82.7 Å². The second-order valence-corrected chi connectivity index (χ2v) is 12.3. The Balaban J connectivity index is 1.30. The van der Waals surface area contributed by atoms with E-state index in [2.05, 4.69) is 0 Å². The highest BCUT2D eigenvalue weighted by molar-refractivity contribution is 6.19. The highest BCUT2D eigenvalue weighted by Gasteiger charge is 2.22. The second-order valence-electron chi connectivity index (χ2n) is 12.3. The van der Waals surface area contributed by atoms with Crippen molar-refractivity contribution in [1.29, 1.82) is 0 Å². The van der Waals surface area contributed by atoms with Crippen molar-refractivity contribution in [2.45, 2.75) is 0 Å². The van der Waals surface area contributed by atoms with Gasteiger partial charge in [0, 0.05) is 38.0 Å². The largest absolute Gasteiger partial charge is 0.309 e. The maximum atomic E-state index is 9.83. The Labute approximate surface area is 378 Å². The average molecular weight is 761 g/mol. The Kier molecular flexibility index (Phi) is 2.78. The Morgan fingerprint density at radius 3 is 1.09 bits per heavy atom. The first-order chi connectivity index (χ1) is 42.9. The van der Waals surface area contributed by atoms with Gasteiger partial charge in [0.15, 0.2) is 0 Å². The molecule has 3 nitrogen and oxygen atoms in total. The van der Waals surface area contributed by atoms with Gasteiger partial charge in [0.1, 0.15) is 0 Å². The van der Waals surface area contributed by atoms with Crippen LogP contribution in [-0.4, -0.2) is 13.7 Å². The minimum atomic E-state index is -1.20. The monoisotopic (exact) mass is 761 g/mol. The molecule has 0 saturated heterocycles. The number of benzene rings is 9. The van der Waals surface area contributed by atoms with Crippen LogP contribution in [0.4, 0.5) is 0 Å². The van der Waals surface area contributed by atoms with Gasteiger partial charge in [0.25, 0.3) is 0 Å². The number of hydrogen-bond donors (Lipinski definition) is 0. The van der Waals surface area contributed by atoms with Crippen LogP contribution in [0.5, 0.6) is 0 Å². The lowest BCUT2D eigenvalue weighted by atomic mass is 10.0. The zero-order valence-electron chi connectivity index (χ0n) is 63.3. The van der Waals surface area contributed by atoms with E-state index in [0.29, 0.717) is 9.13 Å². The fraction of sp³-hybridized carbons (Fsp3) is 0. The highest BCUT2D eigenvalue weighted by atomic mass is 15.0. The van der Waals surface area contributed by atoms with E-state index in [4.69, 9.17) is 26.0 Å². The molecule has 266 valence electrons. The van der Waals surface area contributed by atoms with Crippen molar-refractivity contribution in [3.8, 4) is 39.3 Å². The van der Waals surface area contributed by atoms with Crippen LogP contribution in [0.15, 0.2) is 211 Å². The lowest BCUT2D eigenvalue weighted by molar-refractivity contribution is 1.17. The fourth-order valence-electron chi connectivity index (χ4n) is 7.02. The number of fused-ring (bicyclic) bond motifs is 9. The molecule has 0 aliphatic heterocycles. The van der Waals surface area contributed by atoms with Gasteiger partial charge in [-0.15, -0.1) is 0 Å². The molecule has 0 fully saturated rings. The molecular formula is C54H35N3. The number of para-hydroxylation sites is 4. The molecule has 9 aromatic carbocycles. The van der Waals surface area contributed by atoms with Gasteiger partial charge in [0.05, 0.1) is 92.5 Å². The summed E-state index contributed by atoms with van der Waals surface area (Å²) in [6.07, 6.45) is 0. The van der Waals surface area contributed by atoms with E-state index >= 15 is 0 Å². The predicted octanol–water partition coefficient (Wildman–Crippen LogP) is 14.3. The number of aromatic nitrogens is 3. The quantitative estimate of drug-likeness (QED) is 0.166. The van der Waals surface area contributed by atoms with E-state index in [9.17, 15) is 21.9 Å². The van der Waals surface area contributed by atoms with Gasteiger partial charge >= 0.3 is 0 Å². The van der Waals surface area contributed by atoms with E-state index < -0.39 is 316 Å². The molecule has 0 bridgehead atoms. The molecule has 0 spiro atoms. The topological polar surface area (TPSA) is 14.8 Å². The van der Waals surface area contributed by atoms with Gasteiger partial charge < -0.3 is 13.7 Å². The molecule has 12 rings (SSSR count). The molecule has 12 aromatic rings. The van der Waals surface area contributed by atoms with Crippen molar-refractivity contribution >= 4 is 65.4 Å². The Morgan fingerprint density at radius 2 is 0.579 bits per heavy atom. The molecule has 0 radical (unpaired) electrons. The molecule has 0 atom stereocenters. The first-order valence-corrected chi connectivity index (χ1v) is 16.8. The molecular weight excluding hydrogens is 691 g/mol. The third-order valence-corrected chi connectivity index (χ3v) is 9.34. The van der Waals surface area contributed by atoms with E-state index in [-0.39, 0.29) is 0 Å². The maximum absolute atomic E-state index is 9.83. The van der Waals surface area contributed by atoms with Crippen LogP contribution in [-0.2, 0) is 0 Å². The van der Waals surface area contributed by atoms with E-state index in [1.807, 2.05) is 0 Å². The summed E-state index contributed by atoms with van der Waals surface area (Å²) in [4.78, 5) is 0. The van der Waals surface area contributed by atoms with Crippen LogP contribution in [0.3, 0.4) is 0 Å². The number of hydrogen-bond acceptors (Lipinski definition) is 0. The third-order valence-electron chi connectivity index (χ3n) is 9.34. The second kappa shape index (κ2) is 12.5. The summed E-state index contributed by atoms with van der Waals surface area (Å²) in [6, 6.07) is -35.6. The van der Waals surface area contributed by atoms with Crippen molar-refractivity contribution in [2.24, 2.45) is 0 Å². The van der Waals surface area contributed by atoms with Gasteiger partial charge in [-0.1, -0.05) is 151 Å². The molecule has 3 heteroatoms. The van der Waals surface area contributed by atoms with Crippen LogP contribution in [0.2, 0.25) is 0 Å². The van der Waals surface area contributed by atoms with Crippen LogP contribution in [0.1, 0.15) is 48.0 Å². The molecule has 0 saturated carbocycles. The Hall–Kier alpha value is -7.62. The predicted molar refractivity (Wildman–Crippen MR) is 240 cm³/mol. The van der Waals surface area contributed by atoms with E-state index in [1.165, 1.54) is 0 Å². The van der Waals surface area contributed by atoms with Crippen LogP contribution in [0, 0.1) is 0 Å². The minimum Gasteiger partial charge on any atom is -0.309 e. The highest BCUT2D eigenvalue weighted by Crippen LogP contribution is 2.43. The van der Waals surface area contributed by atoms with Crippen molar-refractivity contribution < 1.29 is 48.0 Å². The number of rotatable bonds is 5. The van der Waals surface area contributed by atoms with Crippen molar-refractivity contribution in [2.75, 3.05) is 0 Å². The van der Waals surface area contributed by atoms with Crippen LogP contribution >= 0.6 is 0 Å². The third kappa shape index (κ3) is 4.73. The van der Waals surface area contributed by atoms with E-state index in [1.54, 1.807) is 0 Å². The molecule has 0 aliphatic carbocycles. The first kappa shape index (κ1) is 12.7. The van der Waals surface area contributed by atoms with Crippen LogP contribution < -0.4 is 0 Å². The maximum Gasteiger partial charge on any atom is 0.0645 e. The molecule has 0 amide bonds. The molecule has 0 N–H and O–H groups in total. The van der Waals surface area contributed by atoms with Gasteiger partial charge in [-0.3, -0.25) is 0 Å². The Bertz CT molecular complexity index is 5420. The standard InChI is InChI=1S/C54H35N3/c1-2-14-36(15-3-1)37-28-30-38(31-29-37)39-32-34-40(35-33-39)55-47-22-10-6-18-43(47)53-49(55)24-12-26-51(53)57-48-23-11-7-19-44(48)54-50(25-13-27-52(54)57)56-45-20-8-4-16-41(45)42-17-5-9-21-46(42)56/h1-35H/i1D,2D,3D,4D,5D,6D,7D,8D,9D,10D,11D,12D,13D,14D,15D,16D,17D,18D,19D,20D,21D,22D,23D,24D,25D,26D,27D,28D,29D,30D,31D,32D,33D,34D,35D. The lowest BCUT2D eigenvalue weighted by Crippen LogP contribution is -1.98. The van der Waals surface area contributed by atoms with E-state index in [0.717, 1.165) is 4.57 Å². The summed E-state index contributed by atoms with van der Waals surface area (Å²) in [5, 5.41) is -4.04. The van der Waals surface area contributed by atoms with Crippen molar-refractivity contribution in [3.05, 3.63) is 211 Å². The molecule has 0 unspecified atom stereocenters. The summed E-state index contributed by atoms with van der Waals surface area (Å²) >= 11 is 0. The zero-order chi connectivity index (χ0) is 67.9. The Morgan fingerprint density at radius 1 is 0.246 bits per heavy atom. The molecule has 3 aromatic heterocycles. The summed E-state index contributed by atoms with van der Waals surface area (Å²) in [7, 11) is 0. The average Bonchev–Trinajstić information content (AvgIpc) is 1.50. The summed E-state index contributed by atoms with van der Waals surface area (Å²) in [5.74, 6) is 0. The molecule has 57 heavy (non-hydrogen) atoms. The molecule has 3 heterocycles. The summed E-state index contributed by atoms with van der Waals surface area (Å²) in [5.41, 5.74) is -10.7. The van der Waals surface area contributed by atoms with Gasteiger partial charge in [-0.2, -0.15) is 0 Å².